The number of carbonyl (C=O) groups is 1. The SMILES string of the molecule is Cc1ccc(F)cc1C(=O)CCc1ccccc1. The summed E-state index contributed by atoms with van der Waals surface area (Å²) in [7, 11) is 0. The molecule has 2 aromatic rings. The van der Waals surface area contributed by atoms with Gasteiger partial charge in [0.25, 0.3) is 0 Å². The Kier molecular flexibility index (Phi) is 3.88. The van der Waals surface area contributed by atoms with Gasteiger partial charge < -0.3 is 0 Å². The maximum atomic E-state index is 13.1. The molecule has 0 atom stereocenters. The van der Waals surface area contributed by atoms with Gasteiger partial charge in [-0.25, -0.2) is 4.39 Å². The Morgan fingerprint density at radius 1 is 1.11 bits per heavy atom. The molecular weight excluding hydrogens is 227 g/mol. The van der Waals surface area contributed by atoms with Crippen LogP contribution in [-0.4, -0.2) is 5.78 Å². The van der Waals surface area contributed by atoms with Gasteiger partial charge in [-0.3, -0.25) is 4.79 Å². The lowest BCUT2D eigenvalue weighted by Gasteiger charge is -2.05. The van der Waals surface area contributed by atoms with E-state index >= 15 is 0 Å². The monoisotopic (exact) mass is 242 g/mol. The van der Waals surface area contributed by atoms with Crippen LogP contribution >= 0.6 is 0 Å². The molecule has 2 heteroatoms. The van der Waals surface area contributed by atoms with Crippen molar-refractivity contribution in [1.29, 1.82) is 0 Å². The molecule has 0 saturated carbocycles. The molecule has 0 N–H and O–H groups in total. The minimum atomic E-state index is -0.358. The summed E-state index contributed by atoms with van der Waals surface area (Å²) in [5.41, 5.74) is 2.44. The molecule has 1 nitrogen and oxygen atoms in total. The fraction of sp³-hybridized carbons (Fsp3) is 0.188. The summed E-state index contributed by atoms with van der Waals surface area (Å²) in [5, 5.41) is 0. The molecule has 0 bridgehead atoms. The largest absolute Gasteiger partial charge is 0.294 e. The maximum Gasteiger partial charge on any atom is 0.163 e. The first-order valence-corrected chi connectivity index (χ1v) is 6.00. The highest BCUT2D eigenvalue weighted by atomic mass is 19.1. The highest BCUT2D eigenvalue weighted by Crippen LogP contribution is 2.14. The lowest BCUT2D eigenvalue weighted by molar-refractivity contribution is 0.0982. The van der Waals surface area contributed by atoms with Gasteiger partial charge >= 0.3 is 0 Å². The van der Waals surface area contributed by atoms with Gasteiger partial charge in [0.1, 0.15) is 5.82 Å². The molecule has 2 rings (SSSR count). The van der Waals surface area contributed by atoms with E-state index in [1.807, 2.05) is 37.3 Å². The van der Waals surface area contributed by atoms with Crippen LogP contribution in [0.1, 0.15) is 27.9 Å². The van der Waals surface area contributed by atoms with E-state index in [9.17, 15) is 9.18 Å². The minimum absolute atomic E-state index is 0.00384. The van der Waals surface area contributed by atoms with Gasteiger partial charge in [-0.05, 0) is 36.6 Å². The number of ketones is 1. The van der Waals surface area contributed by atoms with Crippen LogP contribution in [0.4, 0.5) is 4.39 Å². The second-order valence-electron chi connectivity index (χ2n) is 4.37. The summed E-state index contributed by atoms with van der Waals surface area (Å²) in [5.74, 6) is -0.362. The number of rotatable bonds is 4. The molecule has 0 unspecified atom stereocenters. The average molecular weight is 242 g/mol. The minimum Gasteiger partial charge on any atom is -0.294 e. The number of carbonyl (C=O) groups excluding carboxylic acids is 1. The van der Waals surface area contributed by atoms with Gasteiger partial charge in [0.15, 0.2) is 5.78 Å². The quantitative estimate of drug-likeness (QED) is 0.742. The second-order valence-corrected chi connectivity index (χ2v) is 4.37. The molecule has 0 aromatic heterocycles. The fourth-order valence-electron chi connectivity index (χ4n) is 1.93. The molecule has 2 aromatic carbocycles. The Bertz CT molecular complexity index is 546. The summed E-state index contributed by atoms with van der Waals surface area (Å²) in [6.45, 7) is 1.83. The first-order chi connectivity index (χ1) is 8.66. The summed E-state index contributed by atoms with van der Waals surface area (Å²) in [6.07, 6.45) is 1.10. The Hall–Kier alpha value is -1.96. The van der Waals surface area contributed by atoms with Gasteiger partial charge in [-0.15, -0.1) is 0 Å². The van der Waals surface area contributed by atoms with E-state index in [-0.39, 0.29) is 11.6 Å². The van der Waals surface area contributed by atoms with Crippen molar-refractivity contribution in [2.24, 2.45) is 0 Å². The summed E-state index contributed by atoms with van der Waals surface area (Å²) in [6, 6.07) is 14.2. The van der Waals surface area contributed by atoms with E-state index in [1.165, 1.54) is 12.1 Å². The van der Waals surface area contributed by atoms with Crippen molar-refractivity contribution >= 4 is 5.78 Å². The molecule has 0 amide bonds. The Balaban J connectivity index is 2.06. The topological polar surface area (TPSA) is 17.1 Å². The van der Waals surface area contributed by atoms with Gasteiger partial charge in [0.05, 0.1) is 0 Å². The van der Waals surface area contributed by atoms with Crippen LogP contribution < -0.4 is 0 Å². The van der Waals surface area contributed by atoms with Crippen molar-refractivity contribution in [3.8, 4) is 0 Å². The molecule has 0 aliphatic rings. The zero-order valence-corrected chi connectivity index (χ0v) is 10.3. The first kappa shape index (κ1) is 12.5. The number of hydrogen-bond donors (Lipinski definition) is 0. The number of Topliss-reactive ketones (excluding diaryl/α,β-unsaturated/α-hetero) is 1. The van der Waals surface area contributed by atoms with Crippen molar-refractivity contribution in [3.05, 3.63) is 71.0 Å². The lowest BCUT2D eigenvalue weighted by atomic mass is 9.99. The Morgan fingerprint density at radius 3 is 2.56 bits per heavy atom. The van der Waals surface area contributed by atoms with E-state index in [0.29, 0.717) is 18.4 Å². The molecule has 0 fully saturated rings. The van der Waals surface area contributed by atoms with Gasteiger partial charge in [-0.2, -0.15) is 0 Å². The molecule has 0 radical (unpaired) electrons. The second kappa shape index (κ2) is 5.58. The summed E-state index contributed by atoms with van der Waals surface area (Å²) in [4.78, 5) is 12.0. The van der Waals surface area contributed by atoms with Crippen LogP contribution in [0, 0.1) is 12.7 Å². The molecule has 0 saturated heterocycles. The van der Waals surface area contributed by atoms with Crippen molar-refractivity contribution < 1.29 is 9.18 Å². The zero-order valence-electron chi connectivity index (χ0n) is 10.3. The first-order valence-electron chi connectivity index (χ1n) is 6.00. The molecule has 0 spiro atoms. The van der Waals surface area contributed by atoms with E-state index < -0.39 is 0 Å². The lowest BCUT2D eigenvalue weighted by Crippen LogP contribution is -2.04. The summed E-state index contributed by atoms with van der Waals surface area (Å²) < 4.78 is 13.1. The van der Waals surface area contributed by atoms with Crippen molar-refractivity contribution in [2.45, 2.75) is 19.8 Å². The highest BCUT2D eigenvalue weighted by molar-refractivity contribution is 5.97. The van der Waals surface area contributed by atoms with E-state index in [2.05, 4.69) is 0 Å². The van der Waals surface area contributed by atoms with E-state index in [4.69, 9.17) is 0 Å². The van der Waals surface area contributed by atoms with Crippen LogP contribution in [0.2, 0.25) is 0 Å². The smallest absolute Gasteiger partial charge is 0.163 e. The number of benzene rings is 2. The molecule has 0 aliphatic carbocycles. The number of halogens is 1. The molecular formula is C16H15FO. The Labute approximate surface area is 106 Å². The van der Waals surface area contributed by atoms with E-state index in [1.54, 1.807) is 6.07 Å². The molecule has 18 heavy (non-hydrogen) atoms. The van der Waals surface area contributed by atoms with Crippen molar-refractivity contribution in [3.63, 3.8) is 0 Å². The normalized spacial score (nSPS) is 10.3. The van der Waals surface area contributed by atoms with Crippen molar-refractivity contribution in [1.82, 2.24) is 0 Å². The standard InChI is InChI=1S/C16H15FO/c1-12-7-9-14(17)11-15(12)16(18)10-8-13-5-3-2-4-6-13/h2-7,9,11H,8,10H2,1H3. The van der Waals surface area contributed by atoms with Crippen molar-refractivity contribution in [2.75, 3.05) is 0 Å². The van der Waals surface area contributed by atoms with Crippen LogP contribution in [0.15, 0.2) is 48.5 Å². The maximum absolute atomic E-state index is 13.1. The average Bonchev–Trinajstić information content (AvgIpc) is 2.40. The van der Waals surface area contributed by atoms with Crippen LogP contribution in [0.3, 0.4) is 0 Å². The van der Waals surface area contributed by atoms with Gasteiger partial charge in [-0.1, -0.05) is 36.4 Å². The number of aryl methyl sites for hydroxylation is 2. The Morgan fingerprint density at radius 2 is 1.83 bits per heavy atom. The molecule has 0 aliphatic heterocycles. The third-order valence-corrected chi connectivity index (χ3v) is 2.98. The fourth-order valence-corrected chi connectivity index (χ4v) is 1.93. The van der Waals surface area contributed by atoms with Gasteiger partial charge in [0, 0.05) is 12.0 Å². The van der Waals surface area contributed by atoms with Gasteiger partial charge in [0.2, 0.25) is 0 Å². The third kappa shape index (κ3) is 3.04. The van der Waals surface area contributed by atoms with Crippen LogP contribution in [0.25, 0.3) is 0 Å². The molecule has 92 valence electrons. The predicted molar refractivity (Wildman–Crippen MR) is 70.2 cm³/mol. The predicted octanol–water partition coefficient (Wildman–Crippen LogP) is 3.95. The zero-order chi connectivity index (χ0) is 13.0. The number of hydrogen-bond acceptors (Lipinski definition) is 1. The molecule has 0 heterocycles. The highest BCUT2D eigenvalue weighted by Gasteiger charge is 2.10. The van der Waals surface area contributed by atoms with Crippen LogP contribution in [-0.2, 0) is 6.42 Å². The van der Waals surface area contributed by atoms with E-state index in [0.717, 1.165) is 11.1 Å². The van der Waals surface area contributed by atoms with Crippen LogP contribution in [0.5, 0.6) is 0 Å². The summed E-state index contributed by atoms with van der Waals surface area (Å²) >= 11 is 0. The third-order valence-electron chi connectivity index (χ3n) is 2.98.